The molecule has 0 aliphatic heterocycles. The Kier molecular flexibility index (Phi) is 74.5. The maximum Gasteiger partial charge on any atom is 0.472 e. The van der Waals surface area contributed by atoms with Gasteiger partial charge in [0.1, 0.15) is 30.9 Å². The van der Waals surface area contributed by atoms with Crippen molar-refractivity contribution < 1.29 is 80.2 Å². The monoisotopic (exact) mass is 1450 g/mol. The van der Waals surface area contributed by atoms with Gasteiger partial charge in [-0.15, -0.1) is 0 Å². The van der Waals surface area contributed by atoms with E-state index in [1.165, 1.54) is 103 Å². The number of unbranched alkanes of at least 4 members (excludes halogenated alkanes) is 40. The summed E-state index contributed by atoms with van der Waals surface area (Å²) in [5.74, 6) is -0.950. The van der Waals surface area contributed by atoms with Crippen molar-refractivity contribution in [1.82, 2.24) is 0 Å². The van der Waals surface area contributed by atoms with Gasteiger partial charge in [-0.2, -0.15) is 0 Å². The van der Waals surface area contributed by atoms with E-state index in [1.807, 2.05) is 0 Å². The zero-order chi connectivity index (χ0) is 72.9. The van der Waals surface area contributed by atoms with E-state index in [2.05, 4.69) is 86.8 Å². The molecule has 0 heterocycles. The average Bonchev–Trinajstić information content (AvgIpc) is 1.03. The number of aliphatic hydroxyl groups excluding tert-OH is 1. The van der Waals surface area contributed by atoms with Crippen molar-refractivity contribution >= 4 is 40.2 Å². The van der Waals surface area contributed by atoms with Gasteiger partial charge >= 0.3 is 27.6 Å². The number of phosphoric ester groups is 2. The SMILES string of the molecule is CCCCC/C=C\C/C=C\CCCCCCCC(=O)O[C@H](COCCCCCCCCC/C=C\CCCCCCC=O)COP(=O)(O)OCC(O)COP(=O)(O)OC[C@@H](COCCCCCCCCC/C=C\CCCCCCC=O)OC(=O)CCCCCCC/C=C\C/C=C\CCCCC. The van der Waals surface area contributed by atoms with Crippen LogP contribution in [0, 0.1) is 0 Å². The highest BCUT2D eigenvalue weighted by Gasteiger charge is 2.30. The van der Waals surface area contributed by atoms with Gasteiger partial charge in [-0.05, 0) is 154 Å². The van der Waals surface area contributed by atoms with Gasteiger partial charge in [0.05, 0.1) is 39.6 Å². The number of phosphoric acid groups is 2. The van der Waals surface area contributed by atoms with E-state index >= 15 is 0 Å². The lowest BCUT2D eigenvalue weighted by atomic mass is 10.1. The van der Waals surface area contributed by atoms with E-state index < -0.39 is 72.3 Å². The third-order valence-electron chi connectivity index (χ3n) is 17.1. The van der Waals surface area contributed by atoms with Crippen molar-refractivity contribution in [3.05, 3.63) is 72.9 Å². The second-order valence-corrected chi connectivity index (χ2v) is 29.8. The van der Waals surface area contributed by atoms with Crippen molar-refractivity contribution in [3.63, 3.8) is 0 Å². The molecule has 0 aromatic rings. The van der Waals surface area contributed by atoms with E-state index in [0.29, 0.717) is 38.9 Å². The fourth-order valence-electron chi connectivity index (χ4n) is 11.0. The van der Waals surface area contributed by atoms with Crippen LogP contribution in [0.25, 0.3) is 0 Å². The Morgan fingerprint density at radius 1 is 0.310 bits per heavy atom. The molecule has 0 spiro atoms. The lowest BCUT2D eigenvalue weighted by molar-refractivity contribution is -0.155. The Morgan fingerprint density at radius 3 is 0.840 bits per heavy atom. The molecule has 0 aliphatic rings. The number of hydrogen-bond donors (Lipinski definition) is 3. The molecule has 0 amide bonds. The van der Waals surface area contributed by atoms with Crippen LogP contribution in [-0.2, 0) is 65.4 Å². The number of carbonyl (C=O) groups is 4. The smallest absolute Gasteiger partial charge is 0.457 e. The molecule has 0 radical (unpaired) electrons. The first-order chi connectivity index (χ1) is 48.9. The van der Waals surface area contributed by atoms with Gasteiger partial charge in [0.15, 0.2) is 0 Å². The van der Waals surface area contributed by atoms with Crippen LogP contribution in [0.15, 0.2) is 72.9 Å². The normalized spacial score (nSPS) is 14.3. The summed E-state index contributed by atoms with van der Waals surface area (Å²) in [6, 6.07) is 0. The third kappa shape index (κ3) is 76.0. The van der Waals surface area contributed by atoms with Gasteiger partial charge in [-0.3, -0.25) is 27.7 Å². The Labute approximate surface area is 609 Å². The van der Waals surface area contributed by atoms with Gasteiger partial charge in [0, 0.05) is 38.9 Å². The van der Waals surface area contributed by atoms with E-state index in [4.69, 9.17) is 37.0 Å². The minimum absolute atomic E-state index is 0.0693. The summed E-state index contributed by atoms with van der Waals surface area (Å²) in [6.07, 6.45) is 78.3. The Morgan fingerprint density at radius 2 is 0.550 bits per heavy atom. The maximum absolute atomic E-state index is 13.1. The lowest BCUT2D eigenvalue weighted by Crippen LogP contribution is -2.29. The molecule has 19 heteroatoms. The molecule has 17 nitrogen and oxygen atoms in total. The molecule has 2 unspecified atom stereocenters. The first-order valence-electron chi connectivity index (χ1n) is 40.1. The fraction of sp³-hybridized carbons (Fsp3) is 0.802. The Hall–Kier alpha value is -3.18. The number of allylic oxidation sites excluding steroid dienone is 12. The van der Waals surface area contributed by atoms with E-state index in [1.54, 1.807) is 0 Å². The number of esters is 2. The number of aliphatic hydroxyl groups is 1. The number of aldehydes is 2. The molecule has 0 bridgehead atoms. The molecule has 582 valence electrons. The van der Waals surface area contributed by atoms with Crippen LogP contribution < -0.4 is 0 Å². The van der Waals surface area contributed by atoms with Crippen LogP contribution in [0.4, 0.5) is 0 Å². The summed E-state index contributed by atoms with van der Waals surface area (Å²) in [5.41, 5.74) is 0. The Balaban J connectivity index is 5.22. The van der Waals surface area contributed by atoms with Gasteiger partial charge in [-0.25, -0.2) is 9.13 Å². The summed E-state index contributed by atoms with van der Waals surface area (Å²) >= 11 is 0. The molecule has 0 aromatic heterocycles. The standard InChI is InChI=1S/C81H146O17P2/c1-3-5-7-9-11-13-15-17-23-29-35-41-47-53-59-65-80(85)97-78(73-91-69-63-57-51-45-39-33-27-21-19-25-31-37-43-49-55-61-67-82)75-95-99(87,88)93-71-77(84)72-94-100(89,90)96-76-79(98-81(86)66-60-54-48-42-36-30-24-18-16-14-12-10-8-6-4-2)74-92-70-64-58-52-46-40-34-28-22-20-26-32-38-44-50-56-62-68-83/h11-14,17-20,23-26,67-68,77-79,84H,3-10,15-16,21-22,27-66,69-76H2,1-2H3,(H,87,88)(H,89,90)/b13-11-,14-12-,23-17-,24-18-,25-19-,26-20-/t78-,79-/m1/s1. The quantitative estimate of drug-likeness (QED) is 0.0169. The largest absolute Gasteiger partial charge is 0.472 e. The first kappa shape index (κ1) is 96.8. The zero-order valence-electron chi connectivity index (χ0n) is 63.2. The fourth-order valence-corrected chi connectivity index (χ4v) is 12.6. The molecule has 0 aromatic carbocycles. The molecule has 0 saturated carbocycles. The molecule has 4 atom stereocenters. The van der Waals surface area contributed by atoms with Crippen LogP contribution in [0.2, 0.25) is 0 Å². The second kappa shape index (κ2) is 76.9. The maximum atomic E-state index is 13.1. The topological polar surface area (TPSA) is 237 Å². The van der Waals surface area contributed by atoms with Crippen molar-refractivity contribution in [2.75, 3.05) is 52.9 Å². The summed E-state index contributed by atoms with van der Waals surface area (Å²) < 4.78 is 70.0. The number of rotatable bonds is 80. The number of ether oxygens (including phenoxy) is 4. The molecule has 0 saturated heterocycles. The molecular weight excluding hydrogens is 1310 g/mol. The van der Waals surface area contributed by atoms with Crippen LogP contribution in [0.1, 0.15) is 348 Å². The number of hydrogen-bond acceptors (Lipinski definition) is 15. The highest BCUT2D eigenvalue weighted by molar-refractivity contribution is 7.47. The van der Waals surface area contributed by atoms with Gasteiger partial charge in [-0.1, -0.05) is 241 Å². The highest BCUT2D eigenvalue weighted by Crippen LogP contribution is 2.45. The predicted octanol–water partition coefficient (Wildman–Crippen LogP) is 22.5. The third-order valence-corrected chi connectivity index (χ3v) is 19.0. The van der Waals surface area contributed by atoms with Crippen LogP contribution in [0.3, 0.4) is 0 Å². The van der Waals surface area contributed by atoms with Crippen molar-refractivity contribution in [2.45, 2.75) is 366 Å². The van der Waals surface area contributed by atoms with Crippen LogP contribution >= 0.6 is 15.6 Å². The van der Waals surface area contributed by atoms with E-state index in [9.17, 15) is 43.2 Å². The minimum atomic E-state index is -4.86. The summed E-state index contributed by atoms with van der Waals surface area (Å²) in [4.78, 5) is 68.3. The van der Waals surface area contributed by atoms with Crippen molar-refractivity contribution in [2.24, 2.45) is 0 Å². The Bertz CT molecular complexity index is 1970. The molecule has 3 N–H and O–H groups in total. The molecule has 0 rings (SSSR count). The van der Waals surface area contributed by atoms with E-state index in [0.717, 1.165) is 205 Å². The predicted molar refractivity (Wildman–Crippen MR) is 409 cm³/mol. The molecular formula is C81H146O17P2. The summed E-state index contributed by atoms with van der Waals surface area (Å²) in [5, 5.41) is 10.7. The second-order valence-electron chi connectivity index (χ2n) is 26.9. The molecule has 0 fully saturated rings. The summed E-state index contributed by atoms with van der Waals surface area (Å²) in [6.45, 7) is 2.41. The van der Waals surface area contributed by atoms with Gasteiger partial charge in [0.25, 0.3) is 0 Å². The minimum Gasteiger partial charge on any atom is -0.457 e. The lowest BCUT2D eigenvalue weighted by Gasteiger charge is -2.21. The van der Waals surface area contributed by atoms with E-state index in [-0.39, 0.29) is 26.1 Å². The first-order valence-corrected chi connectivity index (χ1v) is 43.1. The molecule has 0 aliphatic carbocycles. The van der Waals surface area contributed by atoms with Crippen molar-refractivity contribution in [3.8, 4) is 0 Å². The van der Waals surface area contributed by atoms with Gasteiger partial charge in [0.2, 0.25) is 0 Å². The zero-order valence-corrected chi connectivity index (χ0v) is 65.0. The number of carbonyl (C=O) groups excluding carboxylic acids is 4. The molecule has 100 heavy (non-hydrogen) atoms. The average molecular weight is 1450 g/mol. The highest BCUT2D eigenvalue weighted by atomic mass is 31.2. The summed E-state index contributed by atoms with van der Waals surface area (Å²) in [7, 11) is -9.72. The van der Waals surface area contributed by atoms with Crippen molar-refractivity contribution in [1.29, 1.82) is 0 Å². The van der Waals surface area contributed by atoms with Crippen LogP contribution in [-0.4, -0.2) is 111 Å². The van der Waals surface area contributed by atoms with Gasteiger partial charge < -0.3 is 43.4 Å². The van der Waals surface area contributed by atoms with Crippen LogP contribution in [0.5, 0.6) is 0 Å².